The predicted octanol–water partition coefficient (Wildman–Crippen LogP) is -1.53. The second-order valence-corrected chi connectivity index (χ2v) is 4.66. The maximum Gasteiger partial charge on any atom is 1.00 e. The van der Waals surface area contributed by atoms with Crippen molar-refractivity contribution < 1.29 is 53.7 Å². The van der Waals surface area contributed by atoms with Gasteiger partial charge in [0.05, 0.1) is 11.3 Å². The smallest absolute Gasteiger partial charge is 0.550 e. The van der Waals surface area contributed by atoms with Crippen LogP contribution in [-0.4, -0.2) is 17.0 Å². The number of amides is 1. The number of anilines is 1. The van der Waals surface area contributed by atoms with Gasteiger partial charge in [0.15, 0.2) is 0 Å². The number of carboxylic acids is 1. The Labute approximate surface area is 154 Å². The molecular formula is C16H13FNNaO4. The molecule has 1 amide bonds. The Balaban J connectivity index is 0.00000264. The zero-order valence-electron chi connectivity index (χ0n) is 12.5. The first-order valence-electron chi connectivity index (χ1n) is 6.55. The van der Waals surface area contributed by atoms with E-state index in [4.69, 9.17) is 0 Å². The summed E-state index contributed by atoms with van der Waals surface area (Å²) in [5.74, 6) is -2.73. The molecule has 2 aromatic carbocycles. The van der Waals surface area contributed by atoms with Crippen LogP contribution < -0.4 is 40.0 Å². The summed E-state index contributed by atoms with van der Waals surface area (Å²) in [5, 5.41) is 22.3. The molecule has 0 atom stereocenters. The van der Waals surface area contributed by atoms with E-state index in [1.807, 2.05) is 0 Å². The number of carboxylic acid groups (broad SMARTS) is 1. The Hall–Kier alpha value is -1.89. The van der Waals surface area contributed by atoms with Gasteiger partial charge < -0.3 is 20.3 Å². The molecule has 0 saturated carbocycles. The molecule has 5 nitrogen and oxygen atoms in total. The van der Waals surface area contributed by atoms with Crippen molar-refractivity contribution in [1.29, 1.82) is 0 Å². The average Bonchev–Trinajstić information content (AvgIpc) is 2.48. The largest absolute Gasteiger partial charge is 1.00 e. The first-order chi connectivity index (χ1) is 10.5. The van der Waals surface area contributed by atoms with E-state index in [9.17, 15) is 24.2 Å². The Morgan fingerprint density at radius 3 is 2.48 bits per heavy atom. The van der Waals surface area contributed by atoms with Gasteiger partial charge in [-0.15, -0.1) is 0 Å². The number of hydrogen-bond donors (Lipinski definition) is 2. The summed E-state index contributed by atoms with van der Waals surface area (Å²) in [6, 6.07) is 9.94. The monoisotopic (exact) mass is 325 g/mol. The molecule has 23 heavy (non-hydrogen) atoms. The van der Waals surface area contributed by atoms with Crippen LogP contribution in [0.15, 0.2) is 42.5 Å². The molecule has 0 bridgehead atoms. The van der Waals surface area contributed by atoms with Crippen LogP contribution in [0.4, 0.5) is 10.1 Å². The van der Waals surface area contributed by atoms with Gasteiger partial charge in [-0.2, -0.15) is 0 Å². The van der Waals surface area contributed by atoms with E-state index in [1.54, 1.807) is 12.1 Å². The number of carbonyl (C=O) groups is 2. The molecule has 2 aromatic rings. The Morgan fingerprint density at radius 2 is 1.87 bits per heavy atom. The number of aryl methyl sites for hydroxylation is 1. The molecule has 0 aliphatic carbocycles. The van der Waals surface area contributed by atoms with Gasteiger partial charge in [-0.3, -0.25) is 4.79 Å². The maximum absolute atomic E-state index is 13.9. The molecule has 2 N–H and O–H groups in total. The number of aromatic hydroxyl groups is 1. The van der Waals surface area contributed by atoms with Gasteiger partial charge in [-0.25, -0.2) is 4.39 Å². The molecule has 0 unspecified atom stereocenters. The number of aliphatic carboxylic acids is 1. The predicted molar refractivity (Wildman–Crippen MR) is 75.8 cm³/mol. The number of benzene rings is 2. The fraction of sp³-hybridized carbons (Fsp3) is 0.125. The second-order valence-electron chi connectivity index (χ2n) is 4.66. The van der Waals surface area contributed by atoms with Crippen molar-refractivity contribution in [2.24, 2.45) is 0 Å². The molecule has 7 heteroatoms. The molecule has 0 aliphatic heterocycles. The van der Waals surface area contributed by atoms with Gasteiger partial charge in [-0.1, -0.05) is 18.2 Å². The zero-order valence-corrected chi connectivity index (χ0v) is 14.5. The average molecular weight is 325 g/mol. The number of para-hydroxylation sites is 1. The van der Waals surface area contributed by atoms with Crippen LogP contribution in [0.1, 0.15) is 22.3 Å². The van der Waals surface area contributed by atoms with Gasteiger partial charge in [0.1, 0.15) is 11.6 Å². The summed E-state index contributed by atoms with van der Waals surface area (Å²) >= 11 is 0. The Morgan fingerprint density at radius 1 is 1.17 bits per heavy atom. The summed E-state index contributed by atoms with van der Waals surface area (Å²) in [7, 11) is 0. The first kappa shape index (κ1) is 19.2. The SMILES string of the molecule is O=C([O-])CCc1ccc(NC(=O)c2ccccc2O)c(F)c1.[Na+]. The van der Waals surface area contributed by atoms with Crippen molar-refractivity contribution in [2.75, 3.05) is 5.32 Å². The minimum atomic E-state index is -1.21. The number of halogens is 1. The normalized spacial score (nSPS) is 9.78. The van der Waals surface area contributed by atoms with Crippen molar-refractivity contribution in [3.8, 4) is 5.75 Å². The van der Waals surface area contributed by atoms with Gasteiger partial charge in [0, 0.05) is 5.97 Å². The third-order valence-electron chi connectivity index (χ3n) is 3.05. The molecule has 0 saturated heterocycles. The minimum Gasteiger partial charge on any atom is -0.550 e. The summed E-state index contributed by atoms with van der Waals surface area (Å²) in [5.41, 5.74) is 0.468. The van der Waals surface area contributed by atoms with Gasteiger partial charge in [-0.05, 0) is 42.7 Å². The summed E-state index contributed by atoms with van der Waals surface area (Å²) < 4.78 is 13.9. The molecule has 0 fully saturated rings. The van der Waals surface area contributed by atoms with E-state index in [2.05, 4.69) is 5.32 Å². The molecule has 114 valence electrons. The number of nitrogens with one attached hydrogen (secondary N) is 1. The van der Waals surface area contributed by atoms with Crippen molar-refractivity contribution >= 4 is 17.6 Å². The van der Waals surface area contributed by atoms with E-state index < -0.39 is 17.7 Å². The van der Waals surface area contributed by atoms with Crippen LogP contribution in [0, 0.1) is 5.82 Å². The maximum atomic E-state index is 13.9. The first-order valence-corrected chi connectivity index (χ1v) is 6.55. The van der Waals surface area contributed by atoms with Crippen LogP contribution in [0.2, 0.25) is 0 Å². The van der Waals surface area contributed by atoms with Crippen molar-refractivity contribution in [2.45, 2.75) is 12.8 Å². The van der Waals surface area contributed by atoms with E-state index >= 15 is 0 Å². The van der Waals surface area contributed by atoms with Crippen LogP contribution in [-0.2, 0) is 11.2 Å². The minimum absolute atomic E-state index is 0. The molecule has 0 aromatic heterocycles. The van der Waals surface area contributed by atoms with E-state index in [-0.39, 0.29) is 59.4 Å². The fourth-order valence-electron chi connectivity index (χ4n) is 1.92. The topological polar surface area (TPSA) is 89.5 Å². The fourth-order valence-corrected chi connectivity index (χ4v) is 1.92. The van der Waals surface area contributed by atoms with Crippen LogP contribution in [0.3, 0.4) is 0 Å². The Bertz CT molecular complexity index is 721. The Kier molecular flexibility index (Phi) is 7.22. The number of hydrogen-bond acceptors (Lipinski definition) is 4. The number of phenols is 1. The molecule has 0 heterocycles. The standard InChI is InChI=1S/C16H14FNO4.Na/c17-12-9-10(6-8-15(20)21)5-7-13(12)18-16(22)11-3-1-2-4-14(11)19;/h1-5,7,9,19H,6,8H2,(H,18,22)(H,20,21);/q;+1/p-1. The third-order valence-corrected chi connectivity index (χ3v) is 3.05. The second kappa shape index (κ2) is 8.67. The number of phenolic OH excluding ortho intramolecular Hbond substituents is 1. The molecule has 2 rings (SSSR count). The van der Waals surface area contributed by atoms with Crippen molar-refractivity contribution in [3.05, 3.63) is 59.4 Å². The summed E-state index contributed by atoms with van der Waals surface area (Å²) in [6.45, 7) is 0. The molecule has 0 radical (unpaired) electrons. The van der Waals surface area contributed by atoms with Crippen LogP contribution in [0.5, 0.6) is 5.75 Å². The van der Waals surface area contributed by atoms with Crippen LogP contribution in [0.25, 0.3) is 0 Å². The third kappa shape index (κ3) is 5.35. The van der Waals surface area contributed by atoms with E-state index in [0.29, 0.717) is 5.56 Å². The van der Waals surface area contributed by atoms with Gasteiger partial charge in [0.2, 0.25) is 0 Å². The quantitative estimate of drug-likeness (QED) is 0.653. The van der Waals surface area contributed by atoms with Crippen LogP contribution >= 0.6 is 0 Å². The van der Waals surface area contributed by atoms with Crippen molar-refractivity contribution in [3.63, 3.8) is 0 Å². The molecule has 0 aliphatic rings. The van der Waals surface area contributed by atoms with E-state index in [1.165, 1.54) is 24.3 Å². The van der Waals surface area contributed by atoms with E-state index in [0.717, 1.165) is 6.07 Å². The van der Waals surface area contributed by atoms with Crippen molar-refractivity contribution in [1.82, 2.24) is 0 Å². The van der Waals surface area contributed by atoms with Gasteiger partial charge in [0.25, 0.3) is 5.91 Å². The molecular weight excluding hydrogens is 312 g/mol. The summed E-state index contributed by atoms with van der Waals surface area (Å²) in [6.07, 6.45) is -0.0595. The van der Waals surface area contributed by atoms with Gasteiger partial charge >= 0.3 is 29.6 Å². The number of rotatable bonds is 5. The number of carbonyl (C=O) groups excluding carboxylic acids is 2. The zero-order chi connectivity index (χ0) is 16.1. The summed E-state index contributed by atoms with van der Waals surface area (Å²) in [4.78, 5) is 22.3. The molecule has 0 spiro atoms.